The van der Waals surface area contributed by atoms with Crippen LogP contribution in [0.4, 0.5) is 0 Å². The maximum atomic E-state index is 9.44. The summed E-state index contributed by atoms with van der Waals surface area (Å²) in [6.45, 7) is 3.42. The van der Waals surface area contributed by atoms with Crippen molar-refractivity contribution in [1.29, 1.82) is 0 Å². The first-order valence-corrected chi connectivity index (χ1v) is 5.67. The summed E-state index contributed by atoms with van der Waals surface area (Å²) in [5.74, 6) is 0. The molecule has 0 heterocycles. The van der Waals surface area contributed by atoms with Gasteiger partial charge >= 0.3 is 0 Å². The molecule has 1 aliphatic rings. The first-order valence-electron chi connectivity index (χ1n) is 5.67. The van der Waals surface area contributed by atoms with Gasteiger partial charge in [-0.1, -0.05) is 49.4 Å². The van der Waals surface area contributed by atoms with Crippen molar-refractivity contribution >= 4 is 0 Å². The predicted octanol–water partition coefficient (Wildman–Crippen LogP) is 2.53. The van der Waals surface area contributed by atoms with Crippen molar-refractivity contribution < 1.29 is 9.84 Å². The topological polar surface area (TPSA) is 29.5 Å². The van der Waals surface area contributed by atoms with Gasteiger partial charge in [-0.05, 0) is 12.0 Å². The van der Waals surface area contributed by atoms with Crippen molar-refractivity contribution in [3.8, 4) is 0 Å². The van der Waals surface area contributed by atoms with Crippen molar-refractivity contribution in [2.24, 2.45) is 5.41 Å². The van der Waals surface area contributed by atoms with E-state index < -0.39 is 0 Å². The SMILES string of the molecule is C[C@]1(COCc2ccccc2)C=C[C@@H](O)C1. The lowest BCUT2D eigenvalue weighted by molar-refractivity contribution is 0.0510. The molecule has 0 unspecified atom stereocenters. The Balaban J connectivity index is 1.79. The van der Waals surface area contributed by atoms with E-state index in [2.05, 4.69) is 25.1 Å². The minimum atomic E-state index is -0.301. The summed E-state index contributed by atoms with van der Waals surface area (Å²) in [6, 6.07) is 10.1. The predicted molar refractivity (Wildman–Crippen MR) is 64.0 cm³/mol. The Hall–Kier alpha value is -1.12. The number of hydrogen-bond donors (Lipinski definition) is 1. The summed E-state index contributed by atoms with van der Waals surface area (Å²) in [4.78, 5) is 0. The van der Waals surface area contributed by atoms with Crippen LogP contribution in [0.25, 0.3) is 0 Å². The quantitative estimate of drug-likeness (QED) is 0.787. The van der Waals surface area contributed by atoms with Crippen molar-refractivity contribution in [1.82, 2.24) is 0 Å². The molecule has 1 aromatic carbocycles. The molecular weight excluding hydrogens is 200 g/mol. The van der Waals surface area contributed by atoms with E-state index >= 15 is 0 Å². The molecule has 0 fully saturated rings. The highest BCUT2D eigenvalue weighted by Gasteiger charge is 2.29. The number of benzene rings is 1. The molecule has 1 aromatic rings. The number of rotatable bonds is 4. The molecular formula is C14H18O2. The number of ether oxygens (including phenoxy) is 1. The van der Waals surface area contributed by atoms with Crippen molar-refractivity contribution in [3.63, 3.8) is 0 Å². The van der Waals surface area contributed by atoms with Gasteiger partial charge in [0, 0.05) is 5.41 Å². The standard InChI is InChI=1S/C14H18O2/c1-14(8-7-13(15)9-14)11-16-10-12-5-3-2-4-6-12/h2-8,13,15H,9-11H2,1H3/t13-,14+/m1/s1. The smallest absolute Gasteiger partial charge is 0.0730 e. The fourth-order valence-corrected chi connectivity index (χ4v) is 2.04. The fourth-order valence-electron chi connectivity index (χ4n) is 2.04. The van der Waals surface area contributed by atoms with Crippen LogP contribution < -0.4 is 0 Å². The Labute approximate surface area is 96.6 Å². The third-order valence-electron chi connectivity index (χ3n) is 2.94. The van der Waals surface area contributed by atoms with E-state index in [-0.39, 0.29) is 11.5 Å². The van der Waals surface area contributed by atoms with Gasteiger partial charge in [0.25, 0.3) is 0 Å². The Morgan fingerprint density at radius 2 is 2.12 bits per heavy atom. The molecule has 1 aliphatic carbocycles. The van der Waals surface area contributed by atoms with Gasteiger partial charge < -0.3 is 9.84 Å². The molecule has 0 aromatic heterocycles. The molecule has 0 amide bonds. The van der Waals surface area contributed by atoms with Gasteiger partial charge in [0.1, 0.15) is 0 Å². The lowest BCUT2D eigenvalue weighted by Gasteiger charge is -2.22. The van der Waals surface area contributed by atoms with Crippen molar-refractivity contribution in [3.05, 3.63) is 48.0 Å². The lowest BCUT2D eigenvalue weighted by Crippen LogP contribution is -2.20. The van der Waals surface area contributed by atoms with Crippen LogP contribution in [-0.4, -0.2) is 17.8 Å². The van der Waals surface area contributed by atoms with Gasteiger partial charge in [-0.25, -0.2) is 0 Å². The van der Waals surface area contributed by atoms with E-state index in [4.69, 9.17) is 4.74 Å². The van der Waals surface area contributed by atoms with E-state index in [9.17, 15) is 5.11 Å². The zero-order chi connectivity index (χ0) is 11.4. The summed E-state index contributed by atoms with van der Waals surface area (Å²) >= 11 is 0. The summed E-state index contributed by atoms with van der Waals surface area (Å²) in [7, 11) is 0. The Bertz CT molecular complexity index is 358. The Morgan fingerprint density at radius 1 is 1.38 bits per heavy atom. The number of aliphatic hydroxyl groups is 1. The lowest BCUT2D eigenvalue weighted by atomic mass is 9.91. The maximum Gasteiger partial charge on any atom is 0.0730 e. The van der Waals surface area contributed by atoms with Crippen LogP contribution in [-0.2, 0) is 11.3 Å². The van der Waals surface area contributed by atoms with Crippen molar-refractivity contribution in [2.45, 2.75) is 26.1 Å². The van der Waals surface area contributed by atoms with Crippen LogP contribution >= 0.6 is 0 Å². The van der Waals surface area contributed by atoms with Crippen LogP contribution in [0.3, 0.4) is 0 Å². The molecule has 0 saturated carbocycles. The minimum absolute atomic E-state index is 0.00576. The molecule has 0 aliphatic heterocycles. The molecule has 0 bridgehead atoms. The summed E-state index contributed by atoms with van der Waals surface area (Å²) < 4.78 is 5.69. The van der Waals surface area contributed by atoms with E-state index in [1.165, 1.54) is 5.56 Å². The van der Waals surface area contributed by atoms with Crippen molar-refractivity contribution in [2.75, 3.05) is 6.61 Å². The summed E-state index contributed by atoms with van der Waals surface area (Å²) in [6.07, 6.45) is 4.38. The monoisotopic (exact) mass is 218 g/mol. The molecule has 2 nitrogen and oxygen atoms in total. The van der Waals surface area contributed by atoms with Gasteiger partial charge in [-0.3, -0.25) is 0 Å². The van der Waals surface area contributed by atoms with Crippen LogP contribution in [0.15, 0.2) is 42.5 Å². The highest BCUT2D eigenvalue weighted by molar-refractivity contribution is 5.14. The molecule has 0 radical (unpaired) electrons. The van der Waals surface area contributed by atoms with E-state index in [0.29, 0.717) is 13.2 Å². The number of aliphatic hydroxyl groups excluding tert-OH is 1. The summed E-state index contributed by atoms with van der Waals surface area (Å²) in [5, 5.41) is 9.44. The molecule has 0 saturated heterocycles. The van der Waals surface area contributed by atoms with E-state index in [1.807, 2.05) is 24.3 Å². The van der Waals surface area contributed by atoms with Gasteiger partial charge in [-0.2, -0.15) is 0 Å². The highest BCUT2D eigenvalue weighted by atomic mass is 16.5. The average Bonchev–Trinajstić information content (AvgIpc) is 2.60. The van der Waals surface area contributed by atoms with Crippen LogP contribution in [0.5, 0.6) is 0 Å². The molecule has 2 atom stereocenters. The van der Waals surface area contributed by atoms with Crippen LogP contribution in [0.2, 0.25) is 0 Å². The first-order chi connectivity index (χ1) is 7.68. The highest BCUT2D eigenvalue weighted by Crippen LogP contribution is 2.31. The zero-order valence-corrected chi connectivity index (χ0v) is 9.60. The Kier molecular flexibility index (Phi) is 3.42. The zero-order valence-electron chi connectivity index (χ0n) is 9.60. The largest absolute Gasteiger partial charge is 0.389 e. The fraction of sp³-hybridized carbons (Fsp3) is 0.429. The van der Waals surface area contributed by atoms with Gasteiger partial charge in [0.15, 0.2) is 0 Å². The minimum Gasteiger partial charge on any atom is -0.389 e. The normalized spacial score (nSPS) is 28.5. The molecule has 2 rings (SSSR count). The Morgan fingerprint density at radius 3 is 2.75 bits per heavy atom. The average molecular weight is 218 g/mol. The number of hydrogen-bond acceptors (Lipinski definition) is 2. The van der Waals surface area contributed by atoms with Gasteiger partial charge in [-0.15, -0.1) is 0 Å². The third-order valence-corrected chi connectivity index (χ3v) is 2.94. The first kappa shape index (κ1) is 11.4. The second-order valence-corrected chi connectivity index (χ2v) is 4.76. The molecule has 2 heteroatoms. The second-order valence-electron chi connectivity index (χ2n) is 4.76. The molecule has 0 spiro atoms. The second kappa shape index (κ2) is 4.81. The summed E-state index contributed by atoms with van der Waals surface area (Å²) in [5.41, 5.74) is 1.18. The third kappa shape index (κ3) is 2.94. The molecule has 86 valence electrons. The van der Waals surface area contributed by atoms with E-state index in [1.54, 1.807) is 0 Å². The maximum absolute atomic E-state index is 9.44. The van der Waals surface area contributed by atoms with Gasteiger partial charge in [0.2, 0.25) is 0 Å². The molecule has 1 N–H and O–H groups in total. The van der Waals surface area contributed by atoms with E-state index in [0.717, 1.165) is 6.42 Å². The van der Waals surface area contributed by atoms with Gasteiger partial charge in [0.05, 0.1) is 19.3 Å². The molecule has 16 heavy (non-hydrogen) atoms. The van der Waals surface area contributed by atoms with Crippen LogP contribution in [0.1, 0.15) is 18.9 Å². The van der Waals surface area contributed by atoms with Crippen LogP contribution in [0, 0.1) is 5.41 Å².